The molecule has 0 aromatic heterocycles. The normalized spacial score (nSPS) is 12.8. The van der Waals surface area contributed by atoms with Gasteiger partial charge in [0, 0.05) is 6.26 Å². The number of nitrogens with two attached hydrogens (primary N) is 1. The van der Waals surface area contributed by atoms with Crippen LogP contribution in [0.5, 0.6) is 0 Å². The lowest BCUT2D eigenvalue weighted by molar-refractivity contribution is -0.138. The van der Waals surface area contributed by atoms with Crippen LogP contribution in [-0.2, 0) is 21.1 Å². The molecular formula is C16H17NO4S. The number of hydrogen-bond acceptors (Lipinski definition) is 4. The summed E-state index contributed by atoms with van der Waals surface area (Å²) < 4.78 is 23.2. The lowest BCUT2D eigenvalue weighted by Crippen LogP contribution is -2.32. The lowest BCUT2D eigenvalue weighted by Gasteiger charge is -2.08. The summed E-state index contributed by atoms with van der Waals surface area (Å²) in [4.78, 5) is 11.0. The summed E-state index contributed by atoms with van der Waals surface area (Å²) >= 11 is 0. The second kappa shape index (κ2) is 6.29. The molecule has 2 rings (SSSR count). The maximum atomic E-state index is 11.6. The van der Waals surface area contributed by atoms with Crippen molar-refractivity contribution in [3.8, 4) is 11.1 Å². The van der Waals surface area contributed by atoms with E-state index in [0.29, 0.717) is 0 Å². The van der Waals surface area contributed by atoms with E-state index in [1.54, 1.807) is 30.3 Å². The van der Waals surface area contributed by atoms with Gasteiger partial charge < -0.3 is 10.8 Å². The maximum Gasteiger partial charge on any atom is 0.320 e. The average Bonchev–Trinajstić information content (AvgIpc) is 2.47. The van der Waals surface area contributed by atoms with Crippen molar-refractivity contribution in [1.82, 2.24) is 0 Å². The van der Waals surface area contributed by atoms with Crippen LogP contribution in [0.3, 0.4) is 0 Å². The monoisotopic (exact) mass is 319 g/mol. The van der Waals surface area contributed by atoms with Crippen molar-refractivity contribution in [3.63, 3.8) is 0 Å². The highest BCUT2D eigenvalue weighted by atomic mass is 32.2. The largest absolute Gasteiger partial charge is 0.480 e. The SMILES string of the molecule is CS(=O)(=O)c1cccc(-c2ccc(C[C@H](N)C(=O)O)cc2)c1. The van der Waals surface area contributed by atoms with E-state index in [0.717, 1.165) is 16.7 Å². The number of benzene rings is 2. The molecule has 0 unspecified atom stereocenters. The molecule has 0 aliphatic carbocycles. The molecule has 0 aliphatic rings. The van der Waals surface area contributed by atoms with Crippen molar-refractivity contribution in [2.24, 2.45) is 5.73 Å². The van der Waals surface area contributed by atoms with Crippen LogP contribution in [0, 0.1) is 0 Å². The van der Waals surface area contributed by atoms with Gasteiger partial charge in [0.2, 0.25) is 0 Å². The smallest absolute Gasteiger partial charge is 0.320 e. The molecule has 116 valence electrons. The quantitative estimate of drug-likeness (QED) is 0.874. The fourth-order valence-electron chi connectivity index (χ4n) is 2.08. The van der Waals surface area contributed by atoms with Gasteiger partial charge in [0.1, 0.15) is 6.04 Å². The molecular weight excluding hydrogens is 302 g/mol. The summed E-state index contributed by atoms with van der Waals surface area (Å²) in [6, 6.07) is 13.0. The van der Waals surface area contributed by atoms with Crippen molar-refractivity contribution in [3.05, 3.63) is 54.1 Å². The van der Waals surface area contributed by atoms with E-state index in [2.05, 4.69) is 0 Å². The number of aliphatic carboxylic acids is 1. The van der Waals surface area contributed by atoms with Crippen LogP contribution in [0.25, 0.3) is 11.1 Å². The number of carbonyl (C=O) groups is 1. The predicted molar refractivity (Wildman–Crippen MR) is 84.3 cm³/mol. The van der Waals surface area contributed by atoms with E-state index < -0.39 is 21.8 Å². The highest BCUT2D eigenvalue weighted by molar-refractivity contribution is 7.90. The summed E-state index contributed by atoms with van der Waals surface area (Å²) in [6.07, 6.45) is 1.42. The minimum Gasteiger partial charge on any atom is -0.480 e. The average molecular weight is 319 g/mol. The molecule has 0 saturated carbocycles. The van der Waals surface area contributed by atoms with Crippen molar-refractivity contribution >= 4 is 15.8 Å². The van der Waals surface area contributed by atoms with Gasteiger partial charge in [-0.05, 0) is 35.2 Å². The molecule has 0 fully saturated rings. The van der Waals surface area contributed by atoms with E-state index in [9.17, 15) is 13.2 Å². The first-order chi connectivity index (χ1) is 10.3. The van der Waals surface area contributed by atoms with E-state index in [1.807, 2.05) is 18.2 Å². The third-order valence-corrected chi connectivity index (χ3v) is 4.43. The Morgan fingerprint density at radius 1 is 1.14 bits per heavy atom. The van der Waals surface area contributed by atoms with Crippen LogP contribution in [0.4, 0.5) is 0 Å². The predicted octanol–water partition coefficient (Wildman–Crippen LogP) is 1.71. The Kier molecular flexibility index (Phi) is 4.63. The molecule has 5 nitrogen and oxygen atoms in total. The summed E-state index contributed by atoms with van der Waals surface area (Å²) in [6.45, 7) is 0. The van der Waals surface area contributed by atoms with E-state index in [-0.39, 0.29) is 11.3 Å². The number of carboxylic acid groups (broad SMARTS) is 1. The molecule has 0 amide bonds. The van der Waals surface area contributed by atoms with Crippen molar-refractivity contribution in [1.29, 1.82) is 0 Å². The van der Waals surface area contributed by atoms with Gasteiger partial charge in [0.05, 0.1) is 4.90 Å². The van der Waals surface area contributed by atoms with Crippen LogP contribution in [0.2, 0.25) is 0 Å². The Balaban J connectivity index is 2.26. The van der Waals surface area contributed by atoms with Gasteiger partial charge in [-0.25, -0.2) is 8.42 Å². The molecule has 22 heavy (non-hydrogen) atoms. The zero-order valence-electron chi connectivity index (χ0n) is 12.1. The van der Waals surface area contributed by atoms with Crippen molar-refractivity contribution in [2.45, 2.75) is 17.4 Å². The minimum atomic E-state index is -3.25. The van der Waals surface area contributed by atoms with Crippen LogP contribution in [0.1, 0.15) is 5.56 Å². The summed E-state index contributed by atoms with van der Waals surface area (Å²) in [7, 11) is -3.25. The second-order valence-electron chi connectivity index (χ2n) is 5.15. The molecule has 0 radical (unpaired) electrons. The Morgan fingerprint density at radius 3 is 2.32 bits per heavy atom. The van der Waals surface area contributed by atoms with E-state index >= 15 is 0 Å². The van der Waals surface area contributed by atoms with Gasteiger partial charge in [-0.15, -0.1) is 0 Å². The minimum absolute atomic E-state index is 0.249. The van der Waals surface area contributed by atoms with E-state index in [1.165, 1.54) is 6.26 Å². The molecule has 1 atom stereocenters. The Hall–Kier alpha value is -2.18. The highest BCUT2D eigenvalue weighted by Gasteiger charge is 2.12. The number of rotatable bonds is 5. The summed E-state index contributed by atoms with van der Waals surface area (Å²) in [5, 5.41) is 8.80. The zero-order chi connectivity index (χ0) is 16.3. The second-order valence-corrected chi connectivity index (χ2v) is 7.16. The third-order valence-electron chi connectivity index (χ3n) is 3.32. The number of hydrogen-bond donors (Lipinski definition) is 2. The molecule has 0 spiro atoms. The van der Waals surface area contributed by atoms with Crippen molar-refractivity contribution in [2.75, 3.05) is 6.26 Å². The van der Waals surface area contributed by atoms with Crippen molar-refractivity contribution < 1.29 is 18.3 Å². The molecule has 6 heteroatoms. The van der Waals surface area contributed by atoms with Crippen LogP contribution < -0.4 is 5.73 Å². The topological polar surface area (TPSA) is 97.5 Å². The standard InChI is InChI=1S/C16H17NO4S/c1-22(20,21)14-4-2-3-13(10-14)12-7-5-11(6-8-12)9-15(17)16(18)19/h2-8,10,15H,9,17H2,1H3,(H,18,19)/t15-/m0/s1. The van der Waals surface area contributed by atoms with Gasteiger partial charge in [-0.2, -0.15) is 0 Å². The maximum absolute atomic E-state index is 11.6. The van der Waals surface area contributed by atoms with Gasteiger partial charge in [0.25, 0.3) is 0 Å². The molecule has 0 bridgehead atoms. The fourth-order valence-corrected chi connectivity index (χ4v) is 2.75. The first-order valence-corrected chi connectivity index (χ1v) is 8.54. The molecule has 0 heterocycles. The van der Waals surface area contributed by atoms with Gasteiger partial charge in [-0.1, -0.05) is 36.4 Å². The van der Waals surface area contributed by atoms with Gasteiger partial charge in [-0.3, -0.25) is 4.79 Å². The number of carboxylic acids is 1. The van der Waals surface area contributed by atoms with Crippen LogP contribution >= 0.6 is 0 Å². The molecule has 0 aliphatic heterocycles. The van der Waals surface area contributed by atoms with Gasteiger partial charge >= 0.3 is 5.97 Å². The molecule has 2 aromatic carbocycles. The van der Waals surface area contributed by atoms with Crippen LogP contribution in [-0.4, -0.2) is 31.8 Å². The molecule has 2 aromatic rings. The molecule has 0 saturated heterocycles. The number of sulfone groups is 1. The zero-order valence-corrected chi connectivity index (χ0v) is 12.9. The Morgan fingerprint density at radius 2 is 1.77 bits per heavy atom. The first kappa shape index (κ1) is 16.2. The molecule has 3 N–H and O–H groups in total. The highest BCUT2D eigenvalue weighted by Crippen LogP contribution is 2.23. The Labute approximate surface area is 129 Å². The fraction of sp³-hybridized carbons (Fsp3) is 0.188. The van der Waals surface area contributed by atoms with E-state index in [4.69, 9.17) is 10.8 Å². The summed E-state index contributed by atoms with van der Waals surface area (Å²) in [5.74, 6) is -1.04. The third kappa shape index (κ3) is 3.93. The Bertz CT molecular complexity index is 782. The first-order valence-electron chi connectivity index (χ1n) is 6.65. The lowest BCUT2D eigenvalue weighted by atomic mass is 10.0. The summed E-state index contributed by atoms with van der Waals surface area (Å²) in [5.41, 5.74) is 7.96. The van der Waals surface area contributed by atoms with Gasteiger partial charge in [0.15, 0.2) is 9.84 Å². The van der Waals surface area contributed by atoms with Crippen LogP contribution in [0.15, 0.2) is 53.4 Å².